The molecule has 0 bridgehead atoms. The van der Waals surface area contributed by atoms with E-state index in [2.05, 4.69) is 15.3 Å². The second-order valence-electron chi connectivity index (χ2n) is 6.87. The molecule has 9 heteroatoms. The summed E-state index contributed by atoms with van der Waals surface area (Å²) in [5.41, 5.74) is -0.420. The average Bonchev–Trinajstić information content (AvgIpc) is 3.54. The van der Waals surface area contributed by atoms with Crippen LogP contribution in [0.3, 0.4) is 0 Å². The van der Waals surface area contributed by atoms with Gasteiger partial charge in [-0.3, -0.25) is 19.1 Å². The van der Waals surface area contributed by atoms with Gasteiger partial charge < -0.3 is 5.32 Å². The third-order valence-electron chi connectivity index (χ3n) is 4.64. The quantitative estimate of drug-likeness (QED) is 0.457. The van der Waals surface area contributed by atoms with Crippen LogP contribution >= 0.6 is 11.8 Å². The highest BCUT2D eigenvalue weighted by Gasteiger charge is 2.27. The van der Waals surface area contributed by atoms with Crippen LogP contribution in [0.25, 0.3) is 11.0 Å². The molecule has 1 aromatic carbocycles. The first-order chi connectivity index (χ1) is 14.0. The number of aromatic amines is 1. The lowest BCUT2D eigenvalue weighted by atomic mass is 10.2. The lowest BCUT2D eigenvalue weighted by molar-refractivity contribution is 0.0953. The second kappa shape index (κ2) is 8.20. The van der Waals surface area contributed by atoms with Crippen molar-refractivity contribution in [2.24, 2.45) is 0 Å². The van der Waals surface area contributed by atoms with Gasteiger partial charge in [0.1, 0.15) is 11.5 Å². The summed E-state index contributed by atoms with van der Waals surface area (Å²) in [5, 5.41) is 3.04. The zero-order chi connectivity index (χ0) is 20.4. The van der Waals surface area contributed by atoms with Gasteiger partial charge in [0.2, 0.25) is 0 Å². The summed E-state index contributed by atoms with van der Waals surface area (Å²) >= 11 is 1.58. The number of aromatic nitrogens is 3. The predicted molar refractivity (Wildman–Crippen MR) is 109 cm³/mol. The molecular weight excluding hydrogens is 395 g/mol. The zero-order valence-corrected chi connectivity index (χ0v) is 16.3. The van der Waals surface area contributed by atoms with Crippen LogP contribution < -0.4 is 16.6 Å². The van der Waals surface area contributed by atoms with Crippen LogP contribution in [0.4, 0.5) is 4.39 Å². The molecule has 29 heavy (non-hydrogen) atoms. The van der Waals surface area contributed by atoms with E-state index in [1.165, 1.54) is 29.0 Å². The molecule has 2 N–H and O–H groups in total. The number of rotatable bonds is 7. The molecule has 1 fully saturated rings. The van der Waals surface area contributed by atoms with Crippen LogP contribution in [-0.4, -0.2) is 32.7 Å². The maximum atomic E-state index is 12.9. The molecule has 7 nitrogen and oxygen atoms in total. The van der Waals surface area contributed by atoms with E-state index in [4.69, 9.17) is 0 Å². The molecule has 4 rings (SSSR count). The topological polar surface area (TPSA) is 96.8 Å². The fraction of sp³-hybridized carbons (Fsp3) is 0.300. The van der Waals surface area contributed by atoms with Crippen LogP contribution in [0.1, 0.15) is 35.7 Å². The third kappa shape index (κ3) is 4.40. The molecule has 2 heterocycles. The van der Waals surface area contributed by atoms with Crippen molar-refractivity contribution in [1.29, 1.82) is 0 Å². The fourth-order valence-electron chi connectivity index (χ4n) is 3.03. The molecule has 1 amide bonds. The molecule has 0 radical (unpaired) electrons. The van der Waals surface area contributed by atoms with Gasteiger partial charge in [-0.15, -0.1) is 11.8 Å². The van der Waals surface area contributed by atoms with E-state index in [1.807, 2.05) is 0 Å². The molecule has 0 saturated heterocycles. The first-order valence-corrected chi connectivity index (χ1v) is 10.3. The highest BCUT2D eigenvalue weighted by molar-refractivity contribution is 7.99. The van der Waals surface area contributed by atoms with Gasteiger partial charge in [0.05, 0.1) is 10.9 Å². The number of nitrogens with one attached hydrogen (secondary N) is 2. The Hall–Kier alpha value is -2.94. The molecule has 1 saturated carbocycles. The number of carbonyl (C=O) groups excluding carboxylic acids is 1. The lowest BCUT2D eigenvalue weighted by Crippen LogP contribution is -2.31. The van der Waals surface area contributed by atoms with Crippen molar-refractivity contribution >= 4 is 28.7 Å². The Morgan fingerprint density at radius 3 is 2.76 bits per heavy atom. The summed E-state index contributed by atoms with van der Waals surface area (Å²) in [4.78, 5) is 44.1. The molecule has 0 spiro atoms. The van der Waals surface area contributed by atoms with Crippen molar-refractivity contribution in [3.05, 3.63) is 68.7 Å². The Morgan fingerprint density at radius 2 is 2.03 bits per heavy atom. The number of halogens is 1. The van der Waals surface area contributed by atoms with Gasteiger partial charge in [0.25, 0.3) is 11.5 Å². The normalized spacial score (nSPS) is 13.6. The number of amides is 1. The Kier molecular flexibility index (Phi) is 5.48. The Balaban J connectivity index is 1.38. The largest absolute Gasteiger partial charge is 0.352 e. The van der Waals surface area contributed by atoms with E-state index in [1.54, 1.807) is 23.9 Å². The molecule has 0 atom stereocenters. The van der Waals surface area contributed by atoms with E-state index in [0.29, 0.717) is 12.2 Å². The average molecular weight is 414 g/mol. The van der Waals surface area contributed by atoms with E-state index < -0.39 is 11.2 Å². The number of H-pyrrole nitrogens is 1. The fourth-order valence-corrected chi connectivity index (χ4v) is 3.88. The van der Waals surface area contributed by atoms with Gasteiger partial charge in [0.15, 0.2) is 0 Å². The van der Waals surface area contributed by atoms with Crippen LogP contribution in [0.15, 0.2) is 51.0 Å². The summed E-state index contributed by atoms with van der Waals surface area (Å²) in [7, 11) is 0. The molecule has 0 aliphatic heterocycles. The van der Waals surface area contributed by atoms with Crippen LogP contribution in [0, 0.1) is 5.82 Å². The SMILES string of the molecule is O=C(NCCCSc1ccc(F)cc1)c1cnc2c(c1)c(=O)[nH]c(=O)n2C1CC1. The van der Waals surface area contributed by atoms with Gasteiger partial charge in [-0.05, 0) is 55.3 Å². The Morgan fingerprint density at radius 1 is 1.28 bits per heavy atom. The number of thioether (sulfide) groups is 1. The van der Waals surface area contributed by atoms with Crippen molar-refractivity contribution in [2.45, 2.75) is 30.2 Å². The summed E-state index contributed by atoms with van der Waals surface area (Å²) in [6, 6.07) is 7.81. The minimum Gasteiger partial charge on any atom is -0.352 e. The van der Waals surface area contributed by atoms with Crippen molar-refractivity contribution in [3.8, 4) is 0 Å². The molecule has 3 aromatic rings. The van der Waals surface area contributed by atoms with Gasteiger partial charge in [-0.2, -0.15) is 0 Å². The molecule has 150 valence electrons. The number of carbonyl (C=O) groups is 1. The number of hydrogen-bond donors (Lipinski definition) is 2. The summed E-state index contributed by atoms with van der Waals surface area (Å²) in [6.45, 7) is 0.461. The smallest absolute Gasteiger partial charge is 0.330 e. The van der Waals surface area contributed by atoms with Crippen molar-refractivity contribution in [1.82, 2.24) is 19.9 Å². The van der Waals surface area contributed by atoms with E-state index in [9.17, 15) is 18.8 Å². The lowest BCUT2D eigenvalue weighted by Gasteiger charge is -2.09. The Bertz CT molecular complexity index is 1170. The van der Waals surface area contributed by atoms with Gasteiger partial charge in [-0.1, -0.05) is 0 Å². The number of pyridine rings is 1. The summed E-state index contributed by atoms with van der Waals surface area (Å²) in [5.74, 6) is 0.184. The van der Waals surface area contributed by atoms with Crippen molar-refractivity contribution < 1.29 is 9.18 Å². The number of hydrogen-bond acceptors (Lipinski definition) is 5. The number of nitrogens with zero attached hydrogens (tertiary/aromatic N) is 2. The third-order valence-corrected chi connectivity index (χ3v) is 5.74. The highest BCUT2D eigenvalue weighted by Crippen LogP contribution is 2.34. The first-order valence-electron chi connectivity index (χ1n) is 9.34. The Labute approximate surface area is 169 Å². The van der Waals surface area contributed by atoms with E-state index in [0.717, 1.165) is 29.9 Å². The predicted octanol–water partition coefficient (Wildman–Crippen LogP) is 2.47. The number of fused-ring (bicyclic) bond motifs is 1. The summed E-state index contributed by atoms with van der Waals surface area (Å²) in [6.07, 6.45) is 3.88. The van der Waals surface area contributed by atoms with Gasteiger partial charge in [0, 0.05) is 23.7 Å². The van der Waals surface area contributed by atoms with Gasteiger partial charge >= 0.3 is 5.69 Å². The first kappa shape index (κ1) is 19.4. The maximum Gasteiger partial charge on any atom is 0.330 e. The standard InChI is InChI=1S/C20H19FN4O3S/c21-13-2-6-15(7-3-13)29-9-1-8-22-18(26)12-10-16-17(23-11-12)25(14-4-5-14)20(28)24-19(16)27/h2-3,6-7,10-11,14H,1,4-5,8-9H2,(H,22,26)(H,24,27,28). The van der Waals surface area contributed by atoms with Gasteiger partial charge in [-0.25, -0.2) is 14.2 Å². The van der Waals surface area contributed by atoms with E-state index >= 15 is 0 Å². The van der Waals surface area contributed by atoms with E-state index in [-0.39, 0.29) is 28.7 Å². The van der Waals surface area contributed by atoms with Crippen molar-refractivity contribution in [2.75, 3.05) is 12.3 Å². The van der Waals surface area contributed by atoms with Crippen LogP contribution in [0.2, 0.25) is 0 Å². The molecule has 0 unspecified atom stereocenters. The minimum absolute atomic E-state index is 0.0626. The minimum atomic E-state index is -0.542. The molecular formula is C20H19FN4O3S. The molecule has 1 aliphatic rings. The highest BCUT2D eigenvalue weighted by atomic mass is 32.2. The number of benzene rings is 1. The molecule has 2 aromatic heterocycles. The summed E-state index contributed by atoms with van der Waals surface area (Å²) < 4.78 is 14.4. The zero-order valence-electron chi connectivity index (χ0n) is 15.5. The van der Waals surface area contributed by atoms with Crippen LogP contribution in [0.5, 0.6) is 0 Å². The molecule has 1 aliphatic carbocycles. The van der Waals surface area contributed by atoms with Crippen LogP contribution in [-0.2, 0) is 0 Å². The second-order valence-corrected chi connectivity index (χ2v) is 8.04. The maximum absolute atomic E-state index is 12.9. The van der Waals surface area contributed by atoms with Crippen molar-refractivity contribution in [3.63, 3.8) is 0 Å². The monoisotopic (exact) mass is 414 g/mol.